The predicted octanol–water partition coefficient (Wildman–Crippen LogP) is 2.59. The van der Waals surface area contributed by atoms with Crippen LogP contribution in [0, 0.1) is 0 Å². The molecule has 0 bridgehead atoms. The molecule has 0 aliphatic heterocycles. The summed E-state index contributed by atoms with van der Waals surface area (Å²) in [7, 11) is 0. The van der Waals surface area contributed by atoms with Gasteiger partial charge in [0.2, 0.25) is 0 Å². The fourth-order valence-electron chi connectivity index (χ4n) is 1.61. The third-order valence-electron chi connectivity index (χ3n) is 2.66. The van der Waals surface area contributed by atoms with E-state index in [0.717, 1.165) is 0 Å². The summed E-state index contributed by atoms with van der Waals surface area (Å²) in [4.78, 5) is 23.1. The van der Waals surface area contributed by atoms with Gasteiger partial charge in [0, 0.05) is 10.0 Å². The smallest absolute Gasteiger partial charge is 0.262 e. The Morgan fingerprint density at radius 2 is 1.21 bits per heavy atom. The van der Waals surface area contributed by atoms with Gasteiger partial charge in [0.15, 0.2) is 0 Å². The fraction of sp³-hybridized carbons (Fsp3) is 0. The Balaban J connectivity index is 1.83. The molecule has 0 fully saturated rings. The highest BCUT2D eigenvalue weighted by atomic mass is 35.5. The molecule has 2 amide bonds. The van der Waals surface area contributed by atoms with Crippen LogP contribution in [0.25, 0.3) is 0 Å². The van der Waals surface area contributed by atoms with Gasteiger partial charge in [-0.25, -0.2) is 10.9 Å². The minimum Gasteiger partial charge on any atom is -0.262 e. The van der Waals surface area contributed by atoms with Gasteiger partial charge in [0.1, 0.15) is 0 Å². The predicted molar refractivity (Wildman–Crippen MR) is 94.4 cm³/mol. The second-order valence-electron chi connectivity index (χ2n) is 4.51. The Morgan fingerprint density at radius 3 is 1.58 bits per heavy atom. The van der Waals surface area contributed by atoms with Crippen molar-refractivity contribution in [2.75, 3.05) is 0 Å². The van der Waals surface area contributed by atoms with Crippen LogP contribution in [0.5, 0.6) is 0 Å². The van der Waals surface area contributed by atoms with Gasteiger partial charge in [-0.05, 0) is 35.4 Å². The zero-order valence-electron chi connectivity index (χ0n) is 12.2. The first-order chi connectivity index (χ1) is 11.5. The van der Waals surface area contributed by atoms with Crippen molar-refractivity contribution in [3.8, 4) is 0 Å². The zero-order valence-corrected chi connectivity index (χ0v) is 13.8. The quantitative estimate of drug-likeness (QED) is 0.497. The number of hydrogen-bond acceptors (Lipinski definition) is 4. The average Bonchev–Trinajstić information content (AvgIpc) is 2.55. The minimum absolute atomic E-state index is 0.540. The van der Waals surface area contributed by atoms with E-state index >= 15 is 0 Å². The van der Waals surface area contributed by atoms with E-state index in [1.165, 1.54) is 12.4 Å². The molecule has 0 spiro atoms. The highest BCUT2D eigenvalue weighted by molar-refractivity contribution is 6.35. The second-order valence-corrected chi connectivity index (χ2v) is 5.38. The summed E-state index contributed by atoms with van der Waals surface area (Å²) >= 11 is 11.6. The van der Waals surface area contributed by atoms with Gasteiger partial charge in [0.05, 0.1) is 12.4 Å². The number of hydrogen-bond donors (Lipinski definition) is 2. The summed E-state index contributed by atoms with van der Waals surface area (Å²) in [6, 6.07) is 13.7. The number of benzene rings is 2. The van der Waals surface area contributed by atoms with Crippen molar-refractivity contribution in [2.45, 2.75) is 0 Å². The van der Waals surface area contributed by atoms with Gasteiger partial charge in [-0.2, -0.15) is 10.2 Å². The van der Waals surface area contributed by atoms with Crippen LogP contribution in [0.3, 0.4) is 0 Å². The molecule has 0 saturated carbocycles. The zero-order chi connectivity index (χ0) is 17.4. The Labute approximate surface area is 148 Å². The summed E-state index contributed by atoms with van der Waals surface area (Å²) in [6.07, 6.45) is 2.73. The average molecular weight is 363 g/mol. The molecule has 0 saturated heterocycles. The van der Waals surface area contributed by atoms with Gasteiger partial charge in [-0.3, -0.25) is 9.59 Å². The molecule has 24 heavy (non-hydrogen) atoms. The lowest BCUT2D eigenvalue weighted by atomic mass is 10.2. The van der Waals surface area contributed by atoms with Crippen LogP contribution in [0.15, 0.2) is 58.7 Å². The summed E-state index contributed by atoms with van der Waals surface area (Å²) in [5.74, 6) is -1.90. The largest absolute Gasteiger partial charge is 0.331 e. The molecule has 2 aromatic rings. The number of halogens is 2. The first kappa shape index (κ1) is 17.7. The number of carbonyl (C=O) groups is 2. The number of rotatable bonds is 4. The molecule has 0 radical (unpaired) electrons. The van der Waals surface area contributed by atoms with Crippen molar-refractivity contribution in [1.82, 2.24) is 10.9 Å². The van der Waals surface area contributed by atoms with Crippen LogP contribution in [-0.4, -0.2) is 24.2 Å². The van der Waals surface area contributed by atoms with Crippen molar-refractivity contribution in [3.05, 3.63) is 69.7 Å². The van der Waals surface area contributed by atoms with Crippen molar-refractivity contribution in [1.29, 1.82) is 0 Å². The molecule has 0 unspecified atom stereocenters. The summed E-state index contributed by atoms with van der Waals surface area (Å²) in [5, 5.41) is 8.42. The highest BCUT2D eigenvalue weighted by Crippen LogP contribution is 2.09. The Hall–Kier alpha value is -2.70. The number of nitrogens with one attached hydrogen (secondary N) is 2. The number of hydrazone groups is 2. The van der Waals surface area contributed by atoms with E-state index in [1.807, 2.05) is 0 Å². The Morgan fingerprint density at radius 1 is 0.792 bits per heavy atom. The molecule has 0 aliphatic carbocycles. The maximum absolute atomic E-state index is 11.5. The maximum Gasteiger partial charge on any atom is 0.331 e. The van der Waals surface area contributed by atoms with Crippen LogP contribution >= 0.6 is 23.2 Å². The van der Waals surface area contributed by atoms with Crippen LogP contribution in [0.1, 0.15) is 11.1 Å². The number of amides is 2. The molecule has 0 aliphatic rings. The first-order valence-electron chi connectivity index (χ1n) is 6.72. The molecule has 0 aromatic heterocycles. The molecule has 8 heteroatoms. The molecule has 0 heterocycles. The van der Waals surface area contributed by atoms with E-state index in [1.54, 1.807) is 48.5 Å². The number of carbonyl (C=O) groups excluding carboxylic acids is 2. The van der Waals surface area contributed by atoms with E-state index in [2.05, 4.69) is 21.1 Å². The standard InChI is InChI=1S/C16H12Cl2N4O2/c17-13-5-1-3-11(7-13)9-19-21-15(23)16(24)22-20-10-12-4-2-6-14(18)8-12/h1-10H,(H,21,23)(H,22,24)/b19-9+,20-10+. The van der Waals surface area contributed by atoms with Crippen molar-refractivity contribution < 1.29 is 9.59 Å². The van der Waals surface area contributed by atoms with Crippen LogP contribution in [0.2, 0.25) is 10.0 Å². The van der Waals surface area contributed by atoms with Crippen molar-refractivity contribution >= 4 is 47.4 Å². The van der Waals surface area contributed by atoms with E-state index in [9.17, 15) is 9.59 Å². The lowest BCUT2D eigenvalue weighted by Gasteiger charge is -1.99. The monoisotopic (exact) mass is 362 g/mol. The van der Waals surface area contributed by atoms with Gasteiger partial charge in [-0.1, -0.05) is 47.5 Å². The van der Waals surface area contributed by atoms with Gasteiger partial charge < -0.3 is 0 Å². The SMILES string of the molecule is O=C(N/N=C/c1cccc(Cl)c1)C(=O)N/N=C/c1cccc(Cl)c1. The number of nitrogens with zero attached hydrogens (tertiary/aromatic N) is 2. The Kier molecular flexibility index (Phi) is 6.48. The molecular formula is C16H12Cl2N4O2. The molecule has 6 nitrogen and oxygen atoms in total. The lowest BCUT2D eigenvalue weighted by Crippen LogP contribution is -2.35. The Bertz CT molecular complexity index is 739. The normalized spacial score (nSPS) is 10.9. The molecule has 0 atom stereocenters. The first-order valence-corrected chi connectivity index (χ1v) is 7.48. The summed E-state index contributed by atoms with van der Waals surface area (Å²) in [5.41, 5.74) is 5.54. The van der Waals surface area contributed by atoms with Crippen LogP contribution in [-0.2, 0) is 9.59 Å². The van der Waals surface area contributed by atoms with Gasteiger partial charge >= 0.3 is 11.8 Å². The minimum atomic E-state index is -0.948. The van der Waals surface area contributed by atoms with E-state index in [-0.39, 0.29) is 0 Å². The summed E-state index contributed by atoms with van der Waals surface area (Å²) < 4.78 is 0. The van der Waals surface area contributed by atoms with Gasteiger partial charge in [0.25, 0.3) is 0 Å². The van der Waals surface area contributed by atoms with Crippen LogP contribution < -0.4 is 10.9 Å². The van der Waals surface area contributed by atoms with Crippen molar-refractivity contribution in [2.24, 2.45) is 10.2 Å². The fourth-order valence-corrected chi connectivity index (χ4v) is 2.00. The van der Waals surface area contributed by atoms with Gasteiger partial charge in [-0.15, -0.1) is 0 Å². The molecular weight excluding hydrogens is 351 g/mol. The molecule has 2 N–H and O–H groups in total. The topological polar surface area (TPSA) is 82.9 Å². The molecule has 2 aromatic carbocycles. The molecule has 2 rings (SSSR count). The third kappa shape index (κ3) is 5.83. The molecule has 122 valence electrons. The van der Waals surface area contributed by atoms with E-state index in [4.69, 9.17) is 23.2 Å². The van der Waals surface area contributed by atoms with E-state index < -0.39 is 11.8 Å². The lowest BCUT2D eigenvalue weighted by molar-refractivity contribution is -0.139. The summed E-state index contributed by atoms with van der Waals surface area (Å²) in [6.45, 7) is 0. The maximum atomic E-state index is 11.5. The highest BCUT2D eigenvalue weighted by Gasteiger charge is 2.10. The van der Waals surface area contributed by atoms with Crippen LogP contribution in [0.4, 0.5) is 0 Å². The second kappa shape index (κ2) is 8.81. The third-order valence-corrected chi connectivity index (χ3v) is 3.13. The van der Waals surface area contributed by atoms with E-state index in [0.29, 0.717) is 21.2 Å². The van der Waals surface area contributed by atoms with Crippen molar-refractivity contribution in [3.63, 3.8) is 0 Å².